The minimum absolute atomic E-state index is 0.0157. The molecule has 138 valence electrons. The summed E-state index contributed by atoms with van der Waals surface area (Å²) in [5.74, 6) is -0.0699. The van der Waals surface area contributed by atoms with E-state index in [4.69, 9.17) is 0 Å². The largest absolute Gasteiger partial charge is 0.326 e. The Labute approximate surface area is 156 Å². The smallest absolute Gasteiger partial charge is 0.226 e. The first-order valence-corrected chi connectivity index (χ1v) is 9.02. The van der Waals surface area contributed by atoms with Gasteiger partial charge in [-0.3, -0.25) is 9.59 Å². The van der Waals surface area contributed by atoms with E-state index in [2.05, 4.69) is 22.8 Å². The van der Waals surface area contributed by atoms with Gasteiger partial charge in [-0.25, -0.2) is 0 Å². The number of carbonyl (C=O) groups excluding carboxylic acids is 2. The van der Waals surface area contributed by atoms with Gasteiger partial charge in [0.25, 0.3) is 0 Å². The fourth-order valence-corrected chi connectivity index (χ4v) is 2.52. The molecule has 2 N–H and O–H groups in total. The normalized spacial score (nSPS) is 10.9. The van der Waals surface area contributed by atoms with Crippen molar-refractivity contribution in [3.8, 4) is 11.1 Å². The van der Waals surface area contributed by atoms with Crippen molar-refractivity contribution in [1.29, 1.82) is 0 Å². The molecule has 0 atom stereocenters. The van der Waals surface area contributed by atoms with Crippen molar-refractivity contribution in [2.45, 2.75) is 41.5 Å². The topological polar surface area (TPSA) is 58.2 Å². The van der Waals surface area contributed by atoms with E-state index in [-0.39, 0.29) is 23.7 Å². The minimum atomic E-state index is -0.0506. The van der Waals surface area contributed by atoms with Crippen LogP contribution in [0.3, 0.4) is 0 Å². The fraction of sp³-hybridized carbons (Fsp3) is 0.364. The Morgan fingerprint density at radius 3 is 1.31 bits per heavy atom. The van der Waals surface area contributed by atoms with Crippen molar-refractivity contribution in [2.24, 2.45) is 11.8 Å². The Hall–Kier alpha value is -2.62. The van der Waals surface area contributed by atoms with Gasteiger partial charge in [-0.1, -0.05) is 39.8 Å². The summed E-state index contributed by atoms with van der Waals surface area (Å²) < 4.78 is 0. The van der Waals surface area contributed by atoms with E-state index in [1.165, 1.54) is 0 Å². The molecule has 4 nitrogen and oxygen atoms in total. The Balaban J connectivity index is 2.23. The van der Waals surface area contributed by atoms with E-state index >= 15 is 0 Å². The lowest BCUT2D eigenvalue weighted by Crippen LogP contribution is -2.18. The van der Waals surface area contributed by atoms with Crippen molar-refractivity contribution in [3.63, 3.8) is 0 Å². The number of benzene rings is 2. The second-order valence-electron chi connectivity index (χ2n) is 7.35. The number of carbonyl (C=O) groups is 2. The molecule has 2 aromatic rings. The van der Waals surface area contributed by atoms with E-state index in [0.29, 0.717) is 0 Å². The minimum Gasteiger partial charge on any atom is -0.326 e. The van der Waals surface area contributed by atoms with Crippen LogP contribution in [0.15, 0.2) is 36.4 Å². The van der Waals surface area contributed by atoms with Crippen LogP contribution in [0.2, 0.25) is 0 Å². The number of aryl methyl sites for hydroxylation is 2. The molecule has 2 amide bonds. The Kier molecular flexibility index (Phi) is 6.19. The standard InChI is InChI=1S/C22H28N2O2/c1-13(2)21(25)23-19-9-7-17(11-15(19)5)18-8-10-20(16(6)12-18)24-22(26)14(3)4/h7-14H,1-6H3,(H,23,25)(H,24,26). The average molecular weight is 352 g/mol. The van der Waals surface area contributed by atoms with Gasteiger partial charge in [0.05, 0.1) is 0 Å². The third kappa shape index (κ3) is 4.72. The van der Waals surface area contributed by atoms with Crippen LogP contribution in [0.25, 0.3) is 11.1 Å². The van der Waals surface area contributed by atoms with E-state index in [1.54, 1.807) is 0 Å². The summed E-state index contributed by atoms with van der Waals surface area (Å²) in [6.45, 7) is 11.5. The maximum absolute atomic E-state index is 11.9. The van der Waals surface area contributed by atoms with Crippen LogP contribution in [-0.4, -0.2) is 11.8 Å². The molecule has 2 aromatic carbocycles. The van der Waals surface area contributed by atoms with Crippen molar-refractivity contribution < 1.29 is 9.59 Å². The van der Waals surface area contributed by atoms with Gasteiger partial charge in [0, 0.05) is 23.2 Å². The van der Waals surface area contributed by atoms with Gasteiger partial charge in [-0.2, -0.15) is 0 Å². The highest BCUT2D eigenvalue weighted by atomic mass is 16.2. The number of anilines is 2. The molecule has 26 heavy (non-hydrogen) atoms. The average Bonchev–Trinajstić information content (AvgIpc) is 2.58. The van der Waals surface area contributed by atoms with Crippen LogP contribution < -0.4 is 10.6 Å². The molecule has 0 saturated heterocycles. The molecular weight excluding hydrogens is 324 g/mol. The van der Waals surface area contributed by atoms with Gasteiger partial charge in [0.2, 0.25) is 11.8 Å². The first-order valence-electron chi connectivity index (χ1n) is 9.02. The summed E-state index contributed by atoms with van der Waals surface area (Å²) in [5.41, 5.74) is 5.87. The van der Waals surface area contributed by atoms with Crippen molar-refractivity contribution in [3.05, 3.63) is 47.5 Å². The molecule has 0 radical (unpaired) electrons. The first-order chi connectivity index (χ1) is 12.2. The molecule has 4 heteroatoms. The maximum atomic E-state index is 11.9. The second kappa shape index (κ2) is 8.17. The summed E-state index contributed by atoms with van der Waals surface area (Å²) in [7, 11) is 0. The van der Waals surface area contributed by atoms with E-state index in [9.17, 15) is 9.59 Å². The summed E-state index contributed by atoms with van der Waals surface area (Å²) in [4.78, 5) is 23.8. The van der Waals surface area contributed by atoms with Crippen molar-refractivity contribution in [2.75, 3.05) is 10.6 Å². The molecule has 0 aliphatic heterocycles. The number of hydrogen-bond donors (Lipinski definition) is 2. The monoisotopic (exact) mass is 352 g/mol. The molecule has 0 aliphatic carbocycles. The predicted octanol–water partition coefficient (Wildman–Crippen LogP) is 5.16. The van der Waals surface area contributed by atoms with Crippen LogP contribution in [0.5, 0.6) is 0 Å². The summed E-state index contributed by atoms with van der Waals surface area (Å²) in [6.07, 6.45) is 0. The lowest BCUT2D eigenvalue weighted by atomic mass is 9.99. The molecule has 0 saturated carbocycles. The molecule has 0 bridgehead atoms. The maximum Gasteiger partial charge on any atom is 0.226 e. The van der Waals surface area contributed by atoms with E-state index in [0.717, 1.165) is 33.6 Å². The Morgan fingerprint density at radius 2 is 1.04 bits per heavy atom. The van der Waals surface area contributed by atoms with E-state index in [1.807, 2.05) is 65.8 Å². The molecule has 0 unspecified atom stereocenters. The van der Waals surface area contributed by atoms with Gasteiger partial charge in [-0.15, -0.1) is 0 Å². The van der Waals surface area contributed by atoms with Crippen LogP contribution in [-0.2, 0) is 9.59 Å². The number of nitrogens with one attached hydrogen (secondary N) is 2. The molecule has 0 aliphatic rings. The number of hydrogen-bond acceptors (Lipinski definition) is 2. The van der Waals surface area contributed by atoms with Crippen LogP contribution in [0.1, 0.15) is 38.8 Å². The third-order valence-electron chi connectivity index (χ3n) is 4.35. The van der Waals surface area contributed by atoms with Gasteiger partial charge < -0.3 is 10.6 Å². The van der Waals surface area contributed by atoms with Gasteiger partial charge in [0.15, 0.2) is 0 Å². The number of rotatable bonds is 5. The lowest BCUT2D eigenvalue weighted by molar-refractivity contribution is -0.119. The summed E-state index contributed by atoms with van der Waals surface area (Å²) in [6, 6.07) is 12.0. The zero-order chi connectivity index (χ0) is 19.4. The van der Waals surface area contributed by atoms with Crippen LogP contribution in [0.4, 0.5) is 11.4 Å². The van der Waals surface area contributed by atoms with Crippen molar-refractivity contribution >= 4 is 23.2 Å². The molecular formula is C22H28N2O2. The van der Waals surface area contributed by atoms with Gasteiger partial charge >= 0.3 is 0 Å². The zero-order valence-electron chi connectivity index (χ0n) is 16.4. The molecule has 0 spiro atoms. The highest BCUT2D eigenvalue weighted by Crippen LogP contribution is 2.28. The first kappa shape index (κ1) is 19.7. The highest BCUT2D eigenvalue weighted by Gasteiger charge is 2.11. The predicted molar refractivity (Wildman–Crippen MR) is 108 cm³/mol. The quantitative estimate of drug-likeness (QED) is 0.781. The zero-order valence-corrected chi connectivity index (χ0v) is 16.4. The third-order valence-corrected chi connectivity index (χ3v) is 4.35. The lowest BCUT2D eigenvalue weighted by Gasteiger charge is -2.14. The highest BCUT2D eigenvalue weighted by molar-refractivity contribution is 5.94. The van der Waals surface area contributed by atoms with Gasteiger partial charge in [-0.05, 0) is 60.4 Å². The fourth-order valence-electron chi connectivity index (χ4n) is 2.52. The van der Waals surface area contributed by atoms with Crippen molar-refractivity contribution in [1.82, 2.24) is 0 Å². The summed E-state index contributed by atoms with van der Waals surface area (Å²) in [5, 5.41) is 5.91. The Bertz CT molecular complexity index is 753. The SMILES string of the molecule is Cc1cc(-c2ccc(NC(=O)C(C)C)c(C)c2)ccc1NC(=O)C(C)C. The van der Waals surface area contributed by atoms with Crippen LogP contribution >= 0.6 is 0 Å². The van der Waals surface area contributed by atoms with Crippen LogP contribution in [0, 0.1) is 25.7 Å². The molecule has 0 aromatic heterocycles. The molecule has 0 fully saturated rings. The molecule has 2 rings (SSSR count). The van der Waals surface area contributed by atoms with E-state index < -0.39 is 0 Å². The van der Waals surface area contributed by atoms with Gasteiger partial charge in [0.1, 0.15) is 0 Å². The Morgan fingerprint density at radius 1 is 0.692 bits per heavy atom. The number of amides is 2. The second-order valence-corrected chi connectivity index (χ2v) is 7.35. The molecule has 0 heterocycles. The summed E-state index contributed by atoms with van der Waals surface area (Å²) >= 11 is 0.